The summed E-state index contributed by atoms with van der Waals surface area (Å²) < 4.78 is 14.6. The minimum atomic E-state index is -2.22. The Kier molecular flexibility index (Phi) is 13.6. The summed E-state index contributed by atoms with van der Waals surface area (Å²) in [5.74, 6) is 0.611. The molecule has 0 saturated carbocycles. The van der Waals surface area contributed by atoms with Gasteiger partial charge in [-0.2, -0.15) is 0 Å². The quantitative estimate of drug-likeness (QED) is 0.299. The highest BCUT2D eigenvalue weighted by Crippen LogP contribution is 2.24. The van der Waals surface area contributed by atoms with Crippen molar-refractivity contribution in [2.24, 2.45) is 5.92 Å². The van der Waals surface area contributed by atoms with Gasteiger partial charge in [-0.1, -0.05) is 66.2 Å². The van der Waals surface area contributed by atoms with E-state index < -0.39 is 8.72 Å². The largest absolute Gasteiger partial charge is 0.427 e. The molecule has 134 valence electrons. The Balaban J connectivity index is 4.71. The van der Waals surface area contributed by atoms with E-state index in [0.717, 1.165) is 19.1 Å². The van der Waals surface area contributed by atoms with Gasteiger partial charge in [0.25, 0.3) is 0 Å². The first-order valence-electron chi connectivity index (χ1n) is 9.41. The molecule has 0 aliphatic carbocycles. The highest BCUT2D eigenvalue weighted by Gasteiger charge is 2.43. The Morgan fingerprint density at radius 3 is 1.55 bits per heavy atom. The van der Waals surface area contributed by atoms with Crippen LogP contribution >= 0.6 is 0 Å². The molecule has 0 saturated heterocycles. The molecule has 0 N–H and O–H groups in total. The van der Waals surface area contributed by atoms with Crippen LogP contribution in [0.3, 0.4) is 0 Å². The minimum absolute atomic E-state index is 0.611. The van der Waals surface area contributed by atoms with Crippen LogP contribution < -0.4 is 0 Å². The van der Waals surface area contributed by atoms with Crippen LogP contribution in [0.25, 0.3) is 0 Å². The molecule has 0 aromatic carbocycles. The van der Waals surface area contributed by atoms with Gasteiger partial charge in [-0.25, -0.2) is 0 Å². The Morgan fingerprint density at radius 1 is 0.773 bits per heavy atom. The van der Waals surface area contributed by atoms with Crippen LogP contribution in [0.2, 0.25) is 6.04 Å². The molecule has 0 spiro atoms. The lowest BCUT2D eigenvalue weighted by Gasteiger charge is -2.39. The van der Waals surface area contributed by atoms with E-state index >= 15 is 0 Å². The Morgan fingerprint density at radius 2 is 1.23 bits per heavy atom. The topological polar surface area (TPSA) is 21.7 Å². The second-order valence-corrected chi connectivity index (χ2v) is 10.1. The summed E-state index contributed by atoms with van der Waals surface area (Å²) >= 11 is 0. The molecule has 0 fully saturated rings. The van der Waals surface area contributed by atoms with Crippen molar-refractivity contribution in [2.75, 3.05) is 27.3 Å². The molecule has 0 aromatic heterocycles. The van der Waals surface area contributed by atoms with Gasteiger partial charge in [0.15, 0.2) is 0 Å². The predicted molar refractivity (Wildman–Crippen MR) is 99.3 cm³/mol. The molecule has 0 unspecified atom stereocenters. The van der Waals surface area contributed by atoms with Crippen LogP contribution in [0.4, 0.5) is 0 Å². The summed E-state index contributed by atoms with van der Waals surface area (Å²) in [6, 6.07) is 1.06. The molecule has 0 aliphatic heterocycles. The molecular weight excluding hydrogens is 290 g/mol. The molecule has 0 amide bonds. The predicted octanol–water partition coefficient (Wildman–Crippen LogP) is 5.34. The zero-order chi connectivity index (χ0) is 16.8. The lowest BCUT2D eigenvalue weighted by Crippen LogP contribution is -2.58. The van der Waals surface area contributed by atoms with Gasteiger partial charge in [-0.15, -0.1) is 0 Å². The van der Waals surface area contributed by atoms with Crippen LogP contribution in [0, 0.1) is 5.92 Å². The maximum absolute atomic E-state index is 6.02. The first-order chi connectivity index (χ1) is 10.6. The molecule has 3 nitrogen and oxygen atoms in total. The van der Waals surface area contributed by atoms with Gasteiger partial charge in [0.05, 0.1) is 0 Å². The van der Waals surface area contributed by atoms with Crippen molar-refractivity contribution in [1.82, 2.24) is 4.57 Å². The van der Waals surface area contributed by atoms with Gasteiger partial charge in [0, 0.05) is 20.3 Å². The summed E-state index contributed by atoms with van der Waals surface area (Å²) in [6.45, 7) is 11.3. The molecule has 4 heteroatoms. The summed E-state index contributed by atoms with van der Waals surface area (Å²) in [7, 11) is 1.48. The number of rotatable bonds is 15. The van der Waals surface area contributed by atoms with Crippen molar-refractivity contribution in [3.8, 4) is 0 Å². The van der Waals surface area contributed by atoms with E-state index in [2.05, 4.69) is 32.3 Å². The summed E-state index contributed by atoms with van der Waals surface area (Å²) in [5.41, 5.74) is 0. The van der Waals surface area contributed by atoms with Gasteiger partial charge in [0.1, 0.15) is 0 Å². The van der Waals surface area contributed by atoms with E-state index in [4.69, 9.17) is 8.85 Å². The Hall–Kier alpha value is 0.0969. The van der Waals surface area contributed by atoms with Crippen molar-refractivity contribution in [3.05, 3.63) is 0 Å². The third-order valence-electron chi connectivity index (χ3n) is 4.35. The van der Waals surface area contributed by atoms with Gasteiger partial charge in [-0.3, -0.25) is 4.57 Å². The zero-order valence-corrected chi connectivity index (χ0v) is 17.1. The molecule has 0 atom stereocenters. The third kappa shape index (κ3) is 8.66. The molecule has 0 radical (unpaired) electrons. The smallest absolute Gasteiger partial charge is 0.386 e. The van der Waals surface area contributed by atoms with Crippen LogP contribution in [-0.2, 0) is 8.85 Å². The fourth-order valence-corrected chi connectivity index (χ4v) is 6.37. The third-order valence-corrected chi connectivity index (χ3v) is 8.37. The molecule has 22 heavy (non-hydrogen) atoms. The van der Waals surface area contributed by atoms with Gasteiger partial charge in [0.2, 0.25) is 0 Å². The average Bonchev–Trinajstić information content (AvgIpc) is 2.51. The standard InChI is InChI=1S/C18H41NO2Si/c1-7-9-11-13-15-19(16-14-12-10-8-2)22(20-5,21-6)17-18(3)4/h18H,7-17H2,1-6H3. The van der Waals surface area contributed by atoms with Crippen molar-refractivity contribution in [3.63, 3.8) is 0 Å². The number of hydrogen-bond acceptors (Lipinski definition) is 3. The molecular formula is C18H41NO2Si. The Labute approximate surface area is 141 Å². The highest BCUT2D eigenvalue weighted by atomic mass is 28.4. The lowest BCUT2D eigenvalue weighted by atomic mass is 10.2. The molecule has 0 heterocycles. The highest BCUT2D eigenvalue weighted by molar-refractivity contribution is 6.64. The monoisotopic (exact) mass is 331 g/mol. The SMILES string of the molecule is CCCCCCN(CCCCCC)[Si](CC(C)C)(OC)OC. The van der Waals surface area contributed by atoms with E-state index in [0.29, 0.717) is 5.92 Å². The Bertz CT molecular complexity index is 233. The van der Waals surface area contributed by atoms with Crippen molar-refractivity contribution < 1.29 is 8.85 Å². The van der Waals surface area contributed by atoms with Crippen LogP contribution in [0.5, 0.6) is 0 Å². The van der Waals surface area contributed by atoms with E-state index in [1.165, 1.54) is 51.4 Å². The first kappa shape index (κ1) is 22.1. The lowest BCUT2D eigenvalue weighted by molar-refractivity contribution is 0.153. The van der Waals surface area contributed by atoms with Crippen molar-refractivity contribution in [2.45, 2.75) is 85.1 Å². The maximum Gasteiger partial charge on any atom is 0.427 e. The fraction of sp³-hybridized carbons (Fsp3) is 1.00. The number of unbranched alkanes of at least 4 members (excludes halogenated alkanes) is 6. The van der Waals surface area contributed by atoms with Crippen molar-refractivity contribution in [1.29, 1.82) is 0 Å². The van der Waals surface area contributed by atoms with E-state index in [1.54, 1.807) is 0 Å². The normalized spacial score (nSPS) is 12.5. The summed E-state index contributed by atoms with van der Waals surface area (Å²) in [6.07, 6.45) is 10.4. The molecule has 0 bridgehead atoms. The number of hydrogen-bond donors (Lipinski definition) is 0. The zero-order valence-electron chi connectivity index (χ0n) is 16.1. The second-order valence-electron chi connectivity index (χ2n) is 6.83. The van der Waals surface area contributed by atoms with Gasteiger partial charge >= 0.3 is 8.72 Å². The average molecular weight is 332 g/mol. The number of nitrogens with zero attached hydrogens (tertiary/aromatic N) is 1. The minimum Gasteiger partial charge on any atom is -0.386 e. The van der Waals surface area contributed by atoms with E-state index in [9.17, 15) is 0 Å². The molecule has 0 aromatic rings. The second kappa shape index (κ2) is 13.5. The fourth-order valence-electron chi connectivity index (χ4n) is 3.06. The maximum atomic E-state index is 6.02. The van der Waals surface area contributed by atoms with E-state index in [-0.39, 0.29) is 0 Å². The summed E-state index contributed by atoms with van der Waals surface area (Å²) in [4.78, 5) is 0. The van der Waals surface area contributed by atoms with Crippen LogP contribution in [0.15, 0.2) is 0 Å². The van der Waals surface area contributed by atoms with Gasteiger partial charge in [-0.05, 0) is 31.8 Å². The first-order valence-corrected chi connectivity index (χ1v) is 11.4. The summed E-state index contributed by atoms with van der Waals surface area (Å²) in [5, 5.41) is 0. The molecule has 0 aliphatic rings. The van der Waals surface area contributed by atoms with E-state index in [1.807, 2.05) is 14.2 Å². The van der Waals surface area contributed by atoms with Crippen molar-refractivity contribution >= 4 is 8.72 Å². The van der Waals surface area contributed by atoms with Gasteiger partial charge < -0.3 is 8.85 Å². The molecule has 0 rings (SSSR count). The van der Waals surface area contributed by atoms with Crippen LogP contribution in [-0.4, -0.2) is 40.6 Å². The van der Waals surface area contributed by atoms with Crippen LogP contribution in [0.1, 0.15) is 79.1 Å².